The third-order valence-corrected chi connectivity index (χ3v) is 3.12. The second kappa shape index (κ2) is 6.91. The second-order valence-electron chi connectivity index (χ2n) is 4.95. The number of hydrazine groups is 1. The number of benzene rings is 1. The first-order chi connectivity index (χ1) is 11.2. The number of nitrogens with zero attached hydrogens (tertiary/aromatic N) is 1. The predicted octanol–water partition coefficient (Wildman–Crippen LogP) is 2.49. The van der Waals surface area contributed by atoms with Crippen LogP contribution in [0.1, 0.15) is 23.0 Å². The zero-order valence-corrected chi connectivity index (χ0v) is 13.0. The van der Waals surface area contributed by atoms with E-state index in [4.69, 9.17) is 15.3 Å². The van der Waals surface area contributed by atoms with Crippen LogP contribution < -0.4 is 20.7 Å². The highest BCUT2D eigenvalue weighted by atomic mass is 19.4. The third kappa shape index (κ3) is 4.05. The van der Waals surface area contributed by atoms with Gasteiger partial charge in [-0.15, -0.1) is 0 Å². The molecule has 0 atom stereocenters. The topological polar surface area (TPSA) is 86.5 Å². The van der Waals surface area contributed by atoms with Gasteiger partial charge in [-0.3, -0.25) is 10.2 Å². The van der Waals surface area contributed by atoms with E-state index < -0.39 is 18.7 Å². The number of carbonyl (C=O) groups is 1. The Labute approximate surface area is 135 Å². The number of alkyl halides is 3. The molecule has 0 aliphatic rings. The van der Waals surface area contributed by atoms with Crippen molar-refractivity contribution >= 4 is 16.8 Å². The summed E-state index contributed by atoms with van der Waals surface area (Å²) >= 11 is 0. The van der Waals surface area contributed by atoms with E-state index in [-0.39, 0.29) is 17.0 Å². The predicted molar refractivity (Wildman–Crippen MR) is 80.9 cm³/mol. The van der Waals surface area contributed by atoms with E-state index in [1.54, 1.807) is 19.9 Å². The highest BCUT2D eigenvalue weighted by Crippen LogP contribution is 2.33. The molecule has 0 radical (unpaired) electrons. The Morgan fingerprint density at radius 2 is 2.00 bits per heavy atom. The standard InChI is InChI=1S/C15H16F3N3O3/c1-3-23-9-5-10-8(2)4-11(14(22)21-19)20-13(10)12(6-9)24-7-15(16,17)18/h4-6H,3,7,19H2,1-2H3,(H,21,22). The Balaban J connectivity index is 2.60. The van der Waals surface area contributed by atoms with Gasteiger partial charge in [-0.2, -0.15) is 13.2 Å². The number of nitrogen functional groups attached to an aromatic ring is 1. The molecule has 2 aromatic rings. The number of aryl methyl sites for hydroxylation is 1. The van der Waals surface area contributed by atoms with Crippen LogP contribution in [0.4, 0.5) is 13.2 Å². The number of nitrogens with one attached hydrogen (secondary N) is 1. The Morgan fingerprint density at radius 3 is 2.58 bits per heavy atom. The summed E-state index contributed by atoms with van der Waals surface area (Å²) in [5, 5.41) is 0.520. The fourth-order valence-corrected chi connectivity index (χ4v) is 2.14. The lowest BCUT2D eigenvalue weighted by Crippen LogP contribution is -2.30. The molecule has 1 aromatic carbocycles. The molecule has 0 aliphatic heterocycles. The summed E-state index contributed by atoms with van der Waals surface area (Å²) in [7, 11) is 0. The number of aromatic nitrogens is 1. The molecule has 1 aromatic heterocycles. The summed E-state index contributed by atoms with van der Waals surface area (Å²) in [6, 6.07) is 4.42. The zero-order valence-electron chi connectivity index (χ0n) is 13.0. The molecule has 3 N–H and O–H groups in total. The van der Waals surface area contributed by atoms with Crippen molar-refractivity contribution in [3.05, 3.63) is 29.5 Å². The molecule has 24 heavy (non-hydrogen) atoms. The van der Waals surface area contributed by atoms with Gasteiger partial charge in [0.15, 0.2) is 6.61 Å². The van der Waals surface area contributed by atoms with Gasteiger partial charge in [-0.25, -0.2) is 10.8 Å². The summed E-state index contributed by atoms with van der Waals surface area (Å²) in [6.07, 6.45) is -4.50. The quantitative estimate of drug-likeness (QED) is 0.495. The van der Waals surface area contributed by atoms with Crippen molar-refractivity contribution in [3.63, 3.8) is 0 Å². The molecule has 0 fully saturated rings. The third-order valence-electron chi connectivity index (χ3n) is 3.12. The van der Waals surface area contributed by atoms with Crippen LogP contribution in [0.5, 0.6) is 11.5 Å². The lowest BCUT2D eigenvalue weighted by molar-refractivity contribution is -0.153. The Kier molecular flexibility index (Phi) is 5.13. The van der Waals surface area contributed by atoms with E-state index >= 15 is 0 Å². The van der Waals surface area contributed by atoms with Gasteiger partial charge in [-0.1, -0.05) is 0 Å². The average molecular weight is 343 g/mol. The second-order valence-corrected chi connectivity index (χ2v) is 4.95. The Morgan fingerprint density at radius 1 is 1.29 bits per heavy atom. The van der Waals surface area contributed by atoms with Gasteiger partial charge in [0.05, 0.1) is 6.61 Å². The molecule has 130 valence electrons. The lowest BCUT2D eigenvalue weighted by Gasteiger charge is -2.15. The van der Waals surface area contributed by atoms with E-state index in [1.165, 1.54) is 12.1 Å². The first kappa shape index (κ1) is 17.8. The number of rotatable bonds is 5. The van der Waals surface area contributed by atoms with Gasteiger partial charge in [0, 0.05) is 11.5 Å². The van der Waals surface area contributed by atoms with E-state index in [0.717, 1.165) is 0 Å². The van der Waals surface area contributed by atoms with Crippen LogP contribution in [0.15, 0.2) is 18.2 Å². The molecular formula is C15H16F3N3O3. The number of hydrogen-bond donors (Lipinski definition) is 2. The van der Waals surface area contributed by atoms with Gasteiger partial charge in [-0.05, 0) is 31.5 Å². The fraction of sp³-hybridized carbons (Fsp3) is 0.333. The normalized spacial score (nSPS) is 11.4. The van der Waals surface area contributed by atoms with Gasteiger partial charge < -0.3 is 9.47 Å². The van der Waals surface area contributed by atoms with Gasteiger partial charge in [0.25, 0.3) is 5.91 Å². The maximum Gasteiger partial charge on any atom is 0.422 e. The van der Waals surface area contributed by atoms with Crippen LogP contribution >= 0.6 is 0 Å². The van der Waals surface area contributed by atoms with Gasteiger partial charge in [0.2, 0.25) is 0 Å². The summed E-state index contributed by atoms with van der Waals surface area (Å²) in [4.78, 5) is 15.7. The number of fused-ring (bicyclic) bond motifs is 1. The van der Waals surface area contributed by atoms with Crippen molar-refractivity contribution in [1.29, 1.82) is 0 Å². The number of pyridine rings is 1. The Hall–Kier alpha value is -2.55. The molecule has 0 saturated carbocycles. The summed E-state index contributed by atoms with van der Waals surface area (Å²) in [5.41, 5.74) is 2.66. The van der Waals surface area contributed by atoms with Crippen molar-refractivity contribution in [3.8, 4) is 11.5 Å². The largest absolute Gasteiger partial charge is 0.494 e. The summed E-state index contributed by atoms with van der Waals surface area (Å²) in [6.45, 7) is 2.30. The van der Waals surface area contributed by atoms with Crippen molar-refractivity contribution in [2.24, 2.45) is 5.84 Å². The SMILES string of the molecule is CCOc1cc(OCC(F)(F)F)c2nc(C(=O)NN)cc(C)c2c1. The van der Waals surface area contributed by atoms with Crippen LogP contribution in [-0.2, 0) is 0 Å². The lowest BCUT2D eigenvalue weighted by atomic mass is 10.1. The minimum atomic E-state index is -4.50. The molecule has 1 heterocycles. The molecule has 0 saturated heterocycles. The number of carbonyl (C=O) groups excluding carboxylic acids is 1. The van der Waals surface area contributed by atoms with Crippen LogP contribution in [0.3, 0.4) is 0 Å². The molecule has 1 amide bonds. The molecule has 0 bridgehead atoms. The van der Waals surface area contributed by atoms with Gasteiger partial charge >= 0.3 is 6.18 Å². The minimum Gasteiger partial charge on any atom is -0.494 e. The molecule has 0 spiro atoms. The first-order valence-electron chi connectivity index (χ1n) is 7.04. The van der Waals surface area contributed by atoms with Crippen LogP contribution in [0.2, 0.25) is 0 Å². The molecule has 6 nitrogen and oxygen atoms in total. The van der Waals surface area contributed by atoms with E-state index in [2.05, 4.69) is 4.98 Å². The van der Waals surface area contributed by atoms with Gasteiger partial charge in [0.1, 0.15) is 22.7 Å². The number of amides is 1. The van der Waals surface area contributed by atoms with Crippen molar-refractivity contribution < 1.29 is 27.4 Å². The zero-order chi connectivity index (χ0) is 17.9. The van der Waals surface area contributed by atoms with E-state index in [0.29, 0.717) is 23.3 Å². The fourth-order valence-electron chi connectivity index (χ4n) is 2.14. The average Bonchev–Trinajstić information content (AvgIpc) is 2.52. The molecule has 2 rings (SSSR count). The van der Waals surface area contributed by atoms with E-state index in [9.17, 15) is 18.0 Å². The van der Waals surface area contributed by atoms with Crippen molar-refractivity contribution in [1.82, 2.24) is 10.4 Å². The minimum absolute atomic E-state index is 0.0245. The van der Waals surface area contributed by atoms with Crippen molar-refractivity contribution in [2.45, 2.75) is 20.0 Å². The Bertz CT molecular complexity index is 763. The summed E-state index contributed by atoms with van der Waals surface area (Å²) in [5.74, 6) is 4.65. The van der Waals surface area contributed by atoms with Crippen LogP contribution in [0, 0.1) is 6.92 Å². The monoisotopic (exact) mass is 343 g/mol. The maximum absolute atomic E-state index is 12.5. The number of nitrogens with two attached hydrogens (primary N) is 1. The highest BCUT2D eigenvalue weighted by Gasteiger charge is 2.29. The molecular weight excluding hydrogens is 327 g/mol. The van der Waals surface area contributed by atoms with Crippen LogP contribution in [0.25, 0.3) is 10.9 Å². The highest BCUT2D eigenvalue weighted by molar-refractivity contribution is 5.97. The van der Waals surface area contributed by atoms with E-state index in [1.807, 2.05) is 5.43 Å². The number of ether oxygens (including phenoxy) is 2. The number of halogens is 3. The molecule has 9 heteroatoms. The molecule has 0 unspecified atom stereocenters. The smallest absolute Gasteiger partial charge is 0.422 e. The number of hydrogen-bond acceptors (Lipinski definition) is 5. The molecule has 0 aliphatic carbocycles. The maximum atomic E-state index is 12.5. The summed E-state index contributed by atoms with van der Waals surface area (Å²) < 4.78 is 47.6. The van der Waals surface area contributed by atoms with Crippen molar-refractivity contribution in [2.75, 3.05) is 13.2 Å². The van der Waals surface area contributed by atoms with Crippen LogP contribution in [-0.4, -0.2) is 30.3 Å². The first-order valence-corrected chi connectivity index (χ1v) is 7.04.